The van der Waals surface area contributed by atoms with Gasteiger partial charge in [0.05, 0.1) is 6.61 Å². The van der Waals surface area contributed by atoms with Crippen molar-refractivity contribution < 1.29 is 24.2 Å². The summed E-state index contributed by atoms with van der Waals surface area (Å²) in [5.41, 5.74) is 0. The first-order valence-corrected chi connectivity index (χ1v) is 17.0. The van der Waals surface area contributed by atoms with Gasteiger partial charge in [0.2, 0.25) is 0 Å². The van der Waals surface area contributed by atoms with E-state index < -0.39 is 6.10 Å². The van der Waals surface area contributed by atoms with Gasteiger partial charge in [0.15, 0.2) is 6.10 Å². The summed E-state index contributed by atoms with van der Waals surface area (Å²) < 4.78 is 10.5. The molecule has 1 unspecified atom stereocenters. The molecule has 5 nitrogen and oxygen atoms in total. The molecular weight excluding hydrogens is 512 g/mol. The molecule has 0 fully saturated rings. The fourth-order valence-corrected chi connectivity index (χ4v) is 4.56. The lowest BCUT2D eigenvalue weighted by atomic mass is 10.0. The number of rotatable bonds is 30. The summed E-state index contributed by atoms with van der Waals surface area (Å²) in [5.74, 6) is -0.636. The van der Waals surface area contributed by atoms with Gasteiger partial charge >= 0.3 is 11.9 Å². The number of ether oxygens (including phenoxy) is 2. The van der Waals surface area contributed by atoms with Crippen molar-refractivity contribution in [3.63, 3.8) is 0 Å². The highest BCUT2D eigenvalue weighted by molar-refractivity contribution is 5.70. The maximum Gasteiger partial charge on any atom is 0.306 e. The van der Waals surface area contributed by atoms with Crippen LogP contribution in [0.1, 0.15) is 162 Å². The van der Waals surface area contributed by atoms with Crippen LogP contribution >= 0.6 is 0 Å². The minimum absolute atomic E-state index is 0.0791. The third-order valence-corrected chi connectivity index (χ3v) is 7.19. The van der Waals surface area contributed by atoms with Crippen molar-refractivity contribution in [1.29, 1.82) is 0 Å². The molecule has 0 aromatic rings. The summed E-state index contributed by atoms with van der Waals surface area (Å²) in [6.07, 6.45) is 37.7. The van der Waals surface area contributed by atoms with Crippen LogP contribution in [0.3, 0.4) is 0 Å². The van der Waals surface area contributed by atoms with Crippen molar-refractivity contribution in [3.8, 4) is 0 Å². The second-order valence-electron chi connectivity index (χ2n) is 11.2. The third-order valence-electron chi connectivity index (χ3n) is 7.19. The van der Waals surface area contributed by atoms with Gasteiger partial charge in [-0.1, -0.05) is 134 Å². The summed E-state index contributed by atoms with van der Waals surface area (Å²) in [6.45, 7) is 4.05. The Morgan fingerprint density at radius 3 is 1.51 bits per heavy atom. The van der Waals surface area contributed by atoms with Gasteiger partial charge in [0.25, 0.3) is 0 Å². The Morgan fingerprint density at radius 2 is 0.976 bits per heavy atom. The molecule has 0 saturated heterocycles. The second-order valence-corrected chi connectivity index (χ2v) is 11.2. The number of hydrogen-bond acceptors (Lipinski definition) is 5. The smallest absolute Gasteiger partial charge is 0.306 e. The molecule has 0 aromatic carbocycles. The molecule has 0 radical (unpaired) electrons. The summed E-state index contributed by atoms with van der Waals surface area (Å²) in [7, 11) is 0. The van der Waals surface area contributed by atoms with Gasteiger partial charge in [-0.2, -0.15) is 0 Å². The average Bonchev–Trinajstić information content (AvgIpc) is 2.97. The van der Waals surface area contributed by atoms with Crippen LogP contribution in [-0.4, -0.2) is 36.4 Å². The third kappa shape index (κ3) is 30.9. The summed E-state index contributed by atoms with van der Waals surface area (Å²) >= 11 is 0. The van der Waals surface area contributed by atoms with Crippen molar-refractivity contribution >= 4 is 11.9 Å². The zero-order chi connectivity index (χ0) is 30.1. The van der Waals surface area contributed by atoms with Crippen LogP contribution in [0.25, 0.3) is 0 Å². The van der Waals surface area contributed by atoms with Crippen LogP contribution in [0.5, 0.6) is 0 Å². The van der Waals surface area contributed by atoms with E-state index in [0.29, 0.717) is 12.8 Å². The SMILES string of the molecule is CCCCCC=CCC=CCC=CCCCCC(=O)OC(CO)COC(=O)CCCCCCCCCCCCCC. The number of hydrogen-bond donors (Lipinski definition) is 1. The van der Waals surface area contributed by atoms with Gasteiger partial charge in [-0.05, 0) is 51.4 Å². The molecule has 5 heteroatoms. The van der Waals surface area contributed by atoms with E-state index >= 15 is 0 Å². The van der Waals surface area contributed by atoms with E-state index in [9.17, 15) is 14.7 Å². The van der Waals surface area contributed by atoms with Crippen LogP contribution in [0, 0.1) is 0 Å². The number of esters is 2. The summed E-state index contributed by atoms with van der Waals surface area (Å²) in [4.78, 5) is 24.1. The summed E-state index contributed by atoms with van der Waals surface area (Å²) in [6, 6.07) is 0. The van der Waals surface area contributed by atoms with Crippen molar-refractivity contribution in [2.75, 3.05) is 13.2 Å². The van der Waals surface area contributed by atoms with E-state index in [1.54, 1.807) is 0 Å². The van der Waals surface area contributed by atoms with Gasteiger partial charge in [-0.25, -0.2) is 0 Å². The van der Waals surface area contributed by atoms with Gasteiger partial charge in [0.1, 0.15) is 6.61 Å². The van der Waals surface area contributed by atoms with Gasteiger partial charge in [-0.15, -0.1) is 0 Å². The number of carbonyl (C=O) groups excluding carboxylic acids is 2. The monoisotopic (exact) mass is 576 g/mol. The number of aliphatic hydroxyl groups is 1. The van der Waals surface area contributed by atoms with E-state index in [1.165, 1.54) is 83.5 Å². The predicted octanol–water partition coefficient (Wildman–Crippen LogP) is 10.1. The Bertz CT molecular complexity index is 667. The fraction of sp³-hybridized carbons (Fsp3) is 0.778. The van der Waals surface area contributed by atoms with E-state index in [2.05, 4.69) is 50.3 Å². The number of carbonyl (C=O) groups is 2. The first kappa shape index (κ1) is 39.1. The van der Waals surface area contributed by atoms with Crippen molar-refractivity contribution in [3.05, 3.63) is 36.5 Å². The Hall–Kier alpha value is -1.88. The minimum Gasteiger partial charge on any atom is -0.462 e. The average molecular weight is 577 g/mol. The van der Waals surface area contributed by atoms with Crippen molar-refractivity contribution in [2.24, 2.45) is 0 Å². The van der Waals surface area contributed by atoms with E-state index in [-0.39, 0.29) is 25.2 Å². The normalized spacial score (nSPS) is 12.6. The summed E-state index contributed by atoms with van der Waals surface area (Å²) in [5, 5.41) is 9.49. The molecule has 0 heterocycles. The molecule has 0 amide bonds. The standard InChI is InChI=1S/C36H64O5/c1-3-5-7-9-11-13-15-17-18-19-21-23-25-27-29-31-36(39)41-34(32-37)33-40-35(38)30-28-26-24-22-20-16-14-12-10-8-6-4-2/h11,13,17-18,21,23,34,37H,3-10,12,14-16,19-20,22,24-33H2,1-2H3. The Kier molecular flexibility index (Phi) is 31.1. The lowest BCUT2D eigenvalue weighted by Crippen LogP contribution is -2.28. The van der Waals surface area contributed by atoms with E-state index in [4.69, 9.17) is 9.47 Å². The van der Waals surface area contributed by atoms with Crippen molar-refractivity contribution in [2.45, 2.75) is 168 Å². The highest BCUT2D eigenvalue weighted by Crippen LogP contribution is 2.13. The molecule has 238 valence electrons. The lowest BCUT2D eigenvalue weighted by Gasteiger charge is -2.15. The van der Waals surface area contributed by atoms with Crippen LogP contribution in [0.4, 0.5) is 0 Å². The molecule has 0 spiro atoms. The first-order valence-electron chi connectivity index (χ1n) is 17.0. The molecule has 1 N–H and O–H groups in total. The molecule has 1 atom stereocenters. The lowest BCUT2D eigenvalue weighted by molar-refractivity contribution is -0.161. The number of aliphatic hydroxyl groups excluding tert-OH is 1. The largest absolute Gasteiger partial charge is 0.462 e. The fourth-order valence-electron chi connectivity index (χ4n) is 4.56. The van der Waals surface area contributed by atoms with Crippen LogP contribution in [0.15, 0.2) is 36.5 Å². The van der Waals surface area contributed by atoms with Crippen LogP contribution in [-0.2, 0) is 19.1 Å². The molecule has 41 heavy (non-hydrogen) atoms. The first-order chi connectivity index (χ1) is 20.1. The quantitative estimate of drug-likeness (QED) is 0.0523. The molecule has 0 saturated carbocycles. The minimum atomic E-state index is -0.786. The van der Waals surface area contributed by atoms with Crippen molar-refractivity contribution in [1.82, 2.24) is 0 Å². The van der Waals surface area contributed by atoms with E-state index in [1.807, 2.05) is 0 Å². The molecule has 0 aliphatic rings. The maximum atomic E-state index is 12.1. The highest BCUT2D eigenvalue weighted by atomic mass is 16.6. The van der Waals surface area contributed by atoms with Gasteiger partial charge in [-0.3, -0.25) is 9.59 Å². The van der Waals surface area contributed by atoms with Crippen LogP contribution < -0.4 is 0 Å². The Balaban J connectivity index is 3.66. The van der Waals surface area contributed by atoms with Gasteiger partial charge in [0, 0.05) is 12.8 Å². The second kappa shape index (κ2) is 32.6. The zero-order valence-corrected chi connectivity index (χ0v) is 26.8. The molecular formula is C36H64O5. The molecule has 0 aliphatic heterocycles. The zero-order valence-electron chi connectivity index (χ0n) is 26.8. The van der Waals surface area contributed by atoms with Gasteiger partial charge < -0.3 is 14.6 Å². The molecule has 0 aliphatic carbocycles. The Morgan fingerprint density at radius 1 is 0.561 bits per heavy atom. The predicted molar refractivity (Wildman–Crippen MR) is 173 cm³/mol. The molecule has 0 bridgehead atoms. The van der Waals surface area contributed by atoms with Crippen LogP contribution in [0.2, 0.25) is 0 Å². The topological polar surface area (TPSA) is 72.8 Å². The Labute approximate surface area is 253 Å². The highest BCUT2D eigenvalue weighted by Gasteiger charge is 2.16. The molecule has 0 rings (SSSR count). The van der Waals surface area contributed by atoms with E-state index in [0.717, 1.165) is 51.4 Å². The number of allylic oxidation sites excluding steroid dienone is 6. The number of unbranched alkanes of at least 4 members (excludes halogenated alkanes) is 16. The molecule has 0 aromatic heterocycles. The maximum absolute atomic E-state index is 12.1.